The van der Waals surface area contributed by atoms with Crippen molar-refractivity contribution in [2.24, 2.45) is 0 Å². The SMILES string of the molecule is CC(C(=O)N1CCN(c2cccc(C(F)(F)F)c2)CC1)n1nc(-c2ccc3c(c2)OCO3)ccc1=O. The number of alkyl halides is 3. The van der Waals surface area contributed by atoms with Gasteiger partial charge in [-0.05, 0) is 49.4 Å². The summed E-state index contributed by atoms with van der Waals surface area (Å²) >= 11 is 0. The molecule has 0 N–H and O–H groups in total. The molecule has 1 saturated heterocycles. The first kappa shape index (κ1) is 23.7. The molecule has 1 atom stereocenters. The minimum atomic E-state index is -4.42. The summed E-state index contributed by atoms with van der Waals surface area (Å²) in [5.74, 6) is 0.922. The van der Waals surface area contributed by atoms with E-state index in [1.165, 1.54) is 12.1 Å². The summed E-state index contributed by atoms with van der Waals surface area (Å²) in [7, 11) is 0. The van der Waals surface area contributed by atoms with E-state index < -0.39 is 23.3 Å². The van der Waals surface area contributed by atoms with Crippen LogP contribution < -0.4 is 19.9 Å². The molecule has 8 nitrogen and oxygen atoms in total. The molecule has 2 aliphatic heterocycles. The van der Waals surface area contributed by atoms with Crippen LogP contribution in [-0.2, 0) is 11.0 Å². The Morgan fingerprint density at radius 3 is 2.47 bits per heavy atom. The summed E-state index contributed by atoms with van der Waals surface area (Å²) in [6, 6.07) is 12.6. The number of carbonyl (C=O) groups is 1. The van der Waals surface area contributed by atoms with Gasteiger partial charge in [0.2, 0.25) is 12.7 Å². The summed E-state index contributed by atoms with van der Waals surface area (Å²) in [4.78, 5) is 29.2. The quantitative estimate of drug-likeness (QED) is 0.545. The first-order valence-corrected chi connectivity index (χ1v) is 11.4. The van der Waals surface area contributed by atoms with E-state index >= 15 is 0 Å². The van der Waals surface area contributed by atoms with Gasteiger partial charge in [-0.2, -0.15) is 18.3 Å². The Balaban J connectivity index is 1.29. The largest absolute Gasteiger partial charge is 0.454 e. The van der Waals surface area contributed by atoms with Crippen LogP contribution >= 0.6 is 0 Å². The fourth-order valence-corrected chi connectivity index (χ4v) is 4.35. The molecule has 0 spiro atoms. The minimum Gasteiger partial charge on any atom is -0.454 e. The summed E-state index contributed by atoms with van der Waals surface area (Å²) < 4.78 is 51.1. The highest BCUT2D eigenvalue weighted by Gasteiger charge is 2.32. The second-order valence-corrected chi connectivity index (χ2v) is 8.61. The zero-order chi connectivity index (χ0) is 25.4. The van der Waals surface area contributed by atoms with Gasteiger partial charge in [0.05, 0.1) is 11.3 Å². The van der Waals surface area contributed by atoms with Gasteiger partial charge < -0.3 is 19.3 Å². The number of ether oxygens (including phenoxy) is 2. The molecule has 5 rings (SSSR count). The van der Waals surface area contributed by atoms with E-state index in [9.17, 15) is 22.8 Å². The molecule has 0 radical (unpaired) electrons. The number of carbonyl (C=O) groups excluding carboxylic acids is 1. The lowest BCUT2D eigenvalue weighted by atomic mass is 10.1. The van der Waals surface area contributed by atoms with Crippen LogP contribution in [0.5, 0.6) is 11.5 Å². The molecule has 1 amide bonds. The monoisotopic (exact) mass is 500 g/mol. The third-order valence-corrected chi connectivity index (χ3v) is 6.35. The fraction of sp³-hybridized carbons (Fsp3) is 0.320. The van der Waals surface area contributed by atoms with Crippen molar-refractivity contribution in [1.82, 2.24) is 14.7 Å². The van der Waals surface area contributed by atoms with Crippen LogP contribution in [0.25, 0.3) is 11.3 Å². The Hall–Kier alpha value is -4.02. The maximum absolute atomic E-state index is 13.2. The van der Waals surface area contributed by atoms with Crippen molar-refractivity contribution in [1.29, 1.82) is 0 Å². The van der Waals surface area contributed by atoms with Crippen LogP contribution in [0, 0.1) is 0 Å². The second kappa shape index (κ2) is 9.21. The molecule has 0 saturated carbocycles. The number of piperazine rings is 1. The first-order valence-electron chi connectivity index (χ1n) is 11.4. The molecule has 1 fully saturated rings. The van der Waals surface area contributed by atoms with E-state index in [1.54, 1.807) is 42.2 Å². The highest BCUT2D eigenvalue weighted by molar-refractivity contribution is 5.80. The summed E-state index contributed by atoms with van der Waals surface area (Å²) in [5, 5.41) is 4.42. The van der Waals surface area contributed by atoms with Crippen LogP contribution in [-0.4, -0.2) is 53.6 Å². The lowest BCUT2D eigenvalue weighted by molar-refractivity contribution is -0.137. The molecule has 11 heteroatoms. The van der Waals surface area contributed by atoms with Gasteiger partial charge in [0, 0.05) is 43.5 Å². The van der Waals surface area contributed by atoms with Crippen molar-refractivity contribution in [3.8, 4) is 22.8 Å². The molecule has 1 unspecified atom stereocenters. The van der Waals surface area contributed by atoms with Gasteiger partial charge in [-0.15, -0.1) is 0 Å². The summed E-state index contributed by atoms with van der Waals surface area (Å²) in [6.45, 7) is 3.13. The van der Waals surface area contributed by atoms with Gasteiger partial charge in [-0.25, -0.2) is 4.68 Å². The average molecular weight is 500 g/mol. The van der Waals surface area contributed by atoms with Crippen molar-refractivity contribution >= 4 is 11.6 Å². The smallest absolute Gasteiger partial charge is 0.416 e. The van der Waals surface area contributed by atoms with Crippen molar-refractivity contribution in [3.63, 3.8) is 0 Å². The number of benzene rings is 2. The Kier molecular flexibility index (Phi) is 6.07. The van der Waals surface area contributed by atoms with E-state index in [-0.39, 0.29) is 12.7 Å². The first-order chi connectivity index (χ1) is 17.2. The van der Waals surface area contributed by atoms with Crippen molar-refractivity contribution in [2.75, 3.05) is 37.9 Å². The van der Waals surface area contributed by atoms with Crippen LogP contribution in [0.2, 0.25) is 0 Å². The van der Waals surface area contributed by atoms with Gasteiger partial charge in [-0.1, -0.05) is 6.07 Å². The predicted molar refractivity (Wildman–Crippen MR) is 125 cm³/mol. The molecule has 36 heavy (non-hydrogen) atoms. The Morgan fingerprint density at radius 1 is 0.972 bits per heavy atom. The van der Waals surface area contributed by atoms with Crippen LogP contribution in [0.15, 0.2) is 59.4 Å². The van der Waals surface area contributed by atoms with Gasteiger partial charge in [0.15, 0.2) is 11.5 Å². The van der Waals surface area contributed by atoms with Crippen molar-refractivity contribution in [2.45, 2.75) is 19.1 Å². The second-order valence-electron chi connectivity index (χ2n) is 8.61. The number of anilines is 1. The number of aromatic nitrogens is 2. The highest BCUT2D eigenvalue weighted by Crippen LogP contribution is 2.35. The number of nitrogens with zero attached hydrogens (tertiary/aromatic N) is 4. The lowest BCUT2D eigenvalue weighted by Crippen LogP contribution is -2.51. The molecule has 2 aliphatic rings. The number of amides is 1. The molecule has 188 valence electrons. The van der Waals surface area contributed by atoms with Crippen molar-refractivity contribution in [3.05, 3.63) is 70.5 Å². The molecule has 1 aromatic heterocycles. The van der Waals surface area contributed by atoms with Crippen LogP contribution in [0.3, 0.4) is 0 Å². The maximum atomic E-state index is 13.2. The van der Waals surface area contributed by atoms with E-state index in [0.29, 0.717) is 54.6 Å². The van der Waals surface area contributed by atoms with Crippen LogP contribution in [0.4, 0.5) is 18.9 Å². The van der Waals surface area contributed by atoms with Gasteiger partial charge in [0.25, 0.3) is 5.56 Å². The van der Waals surface area contributed by atoms with Gasteiger partial charge in [-0.3, -0.25) is 9.59 Å². The lowest BCUT2D eigenvalue weighted by Gasteiger charge is -2.37. The average Bonchev–Trinajstić information content (AvgIpc) is 3.36. The van der Waals surface area contributed by atoms with Crippen LogP contribution in [0.1, 0.15) is 18.5 Å². The van der Waals surface area contributed by atoms with E-state index in [0.717, 1.165) is 16.8 Å². The maximum Gasteiger partial charge on any atom is 0.416 e. The fourth-order valence-electron chi connectivity index (χ4n) is 4.35. The molecule has 0 bridgehead atoms. The number of fused-ring (bicyclic) bond motifs is 1. The molecular weight excluding hydrogens is 477 g/mol. The third kappa shape index (κ3) is 4.60. The number of halogens is 3. The summed E-state index contributed by atoms with van der Waals surface area (Å²) in [6.07, 6.45) is -4.42. The van der Waals surface area contributed by atoms with E-state index in [1.807, 2.05) is 4.90 Å². The zero-order valence-corrected chi connectivity index (χ0v) is 19.4. The Labute approximate surface area is 204 Å². The third-order valence-electron chi connectivity index (χ3n) is 6.35. The van der Waals surface area contributed by atoms with E-state index in [4.69, 9.17) is 9.47 Å². The summed E-state index contributed by atoms with van der Waals surface area (Å²) in [5.41, 5.74) is 0.548. The zero-order valence-electron chi connectivity index (χ0n) is 19.4. The van der Waals surface area contributed by atoms with E-state index in [2.05, 4.69) is 5.10 Å². The molecule has 0 aliphatic carbocycles. The number of hydrogen-bond donors (Lipinski definition) is 0. The number of rotatable bonds is 4. The van der Waals surface area contributed by atoms with Gasteiger partial charge >= 0.3 is 6.18 Å². The molecular formula is C25H23F3N4O4. The highest BCUT2D eigenvalue weighted by atomic mass is 19.4. The predicted octanol–water partition coefficient (Wildman–Crippen LogP) is 3.57. The molecule has 2 aromatic carbocycles. The topological polar surface area (TPSA) is 76.9 Å². The van der Waals surface area contributed by atoms with Crippen molar-refractivity contribution < 1.29 is 27.4 Å². The minimum absolute atomic E-state index is 0.137. The Morgan fingerprint density at radius 2 is 1.72 bits per heavy atom. The Bertz CT molecular complexity index is 1350. The number of hydrogen-bond acceptors (Lipinski definition) is 6. The molecule has 3 heterocycles. The normalized spacial score (nSPS) is 16.2. The van der Waals surface area contributed by atoms with Gasteiger partial charge in [0.1, 0.15) is 6.04 Å². The molecule has 3 aromatic rings. The standard InChI is InChI=1S/C25H23F3N4O4/c1-16(32-23(33)8-6-20(29-32)17-5-7-21-22(13-17)36-15-35-21)24(34)31-11-9-30(10-12-31)19-4-2-3-18(14-19)25(26,27)28/h2-8,13-14,16H,9-12,15H2,1H3.